The van der Waals surface area contributed by atoms with Crippen molar-refractivity contribution in [2.75, 3.05) is 33.9 Å². The molecule has 7 heteroatoms. The van der Waals surface area contributed by atoms with Crippen molar-refractivity contribution < 1.29 is 19.3 Å². The number of aliphatic hydroxyl groups excluding tert-OH is 1. The molecule has 0 aromatic carbocycles. The first kappa shape index (κ1) is 41.5. The van der Waals surface area contributed by atoms with E-state index in [0.717, 1.165) is 26.1 Å². The zero-order chi connectivity index (χ0) is 30.9. The Hall–Kier alpha value is -1.98. The summed E-state index contributed by atoms with van der Waals surface area (Å²) in [4.78, 5) is 8.57. The third kappa shape index (κ3) is 21.5. The molecule has 0 unspecified atom stereocenters. The molecule has 0 atom stereocenters. The van der Waals surface area contributed by atoms with Gasteiger partial charge >= 0.3 is 0 Å². The van der Waals surface area contributed by atoms with Crippen LogP contribution in [-0.4, -0.2) is 67.3 Å². The third-order valence-corrected chi connectivity index (χ3v) is 4.89. The predicted molar refractivity (Wildman–Crippen MR) is 166 cm³/mol. The average molecular weight is 552 g/mol. The van der Waals surface area contributed by atoms with Gasteiger partial charge in [0.25, 0.3) is 0 Å². The molecule has 0 spiro atoms. The van der Waals surface area contributed by atoms with E-state index in [1.54, 1.807) is 32.7 Å². The van der Waals surface area contributed by atoms with E-state index in [0.29, 0.717) is 30.5 Å². The lowest BCUT2D eigenvalue weighted by atomic mass is 9.76. The minimum atomic E-state index is -0.233. The van der Waals surface area contributed by atoms with E-state index < -0.39 is 0 Å². The van der Waals surface area contributed by atoms with Gasteiger partial charge in [0.1, 0.15) is 6.10 Å². The Morgan fingerprint density at radius 2 is 1.46 bits per heavy atom. The number of allylic oxidation sites excluding steroid dienone is 1. The van der Waals surface area contributed by atoms with Gasteiger partial charge < -0.3 is 24.6 Å². The van der Waals surface area contributed by atoms with Crippen LogP contribution in [0.15, 0.2) is 25.0 Å². The van der Waals surface area contributed by atoms with Gasteiger partial charge in [-0.3, -0.25) is 0 Å². The lowest BCUT2D eigenvalue weighted by Gasteiger charge is -2.35. The molecular formula is C32H61N3O4. The van der Waals surface area contributed by atoms with Crippen LogP contribution in [0.1, 0.15) is 101 Å². The zero-order valence-corrected chi connectivity index (χ0v) is 27.5. The van der Waals surface area contributed by atoms with Crippen LogP contribution in [0.4, 0.5) is 0 Å². The van der Waals surface area contributed by atoms with Gasteiger partial charge in [-0.25, -0.2) is 9.97 Å². The molecule has 2 N–H and O–H groups in total. The molecule has 1 saturated carbocycles. The molecule has 39 heavy (non-hydrogen) atoms. The highest BCUT2D eigenvalue weighted by Crippen LogP contribution is 2.34. The Labute approximate surface area is 241 Å². The van der Waals surface area contributed by atoms with Crippen LogP contribution in [0.5, 0.6) is 5.75 Å². The number of nitrogens with zero attached hydrogens (tertiary/aromatic N) is 2. The molecule has 0 amide bonds. The fourth-order valence-corrected chi connectivity index (χ4v) is 3.51. The first-order chi connectivity index (χ1) is 18.5. The van der Waals surface area contributed by atoms with Crippen molar-refractivity contribution in [3.63, 3.8) is 0 Å². The second kappa shape index (κ2) is 25.0. The molecule has 1 aliphatic carbocycles. The van der Waals surface area contributed by atoms with Crippen molar-refractivity contribution in [2.24, 2.45) is 10.8 Å². The van der Waals surface area contributed by atoms with Crippen LogP contribution in [0, 0.1) is 22.7 Å². The van der Waals surface area contributed by atoms with E-state index in [9.17, 15) is 5.11 Å². The number of nitrogens with one attached hydrogen (secondary N) is 1. The summed E-state index contributed by atoms with van der Waals surface area (Å²) in [6.07, 6.45) is 7.52. The molecule has 1 saturated heterocycles. The van der Waals surface area contributed by atoms with Crippen LogP contribution in [0.2, 0.25) is 0 Å². The second-order valence-electron chi connectivity index (χ2n) is 9.99. The standard InChI is InChI=1S/C21H31N3O3.C3H6.C2H6O.3C2H6/c1-20(2,13-21(3,4)14-26-17-9-22-10-17)6-5-19-23-11-18(12-24-19)27-16-7-15(25)8-16;2*1-3-2;3*1-2/h11-12,15-17,22,25H,7-10,13-14H2,1-4H3;3H,1H2,2H3;1-2H3;3*1-2H3. The summed E-state index contributed by atoms with van der Waals surface area (Å²) in [6, 6.07) is 0. The summed E-state index contributed by atoms with van der Waals surface area (Å²) < 4.78 is 15.9. The Morgan fingerprint density at radius 1 is 1.00 bits per heavy atom. The highest BCUT2D eigenvalue weighted by atomic mass is 16.5. The van der Waals surface area contributed by atoms with Crippen LogP contribution in [0.25, 0.3) is 0 Å². The maximum absolute atomic E-state index is 9.30. The SMILES string of the molecule is C=CC.CC.CC.CC.CC(C)(C#Cc1ncc(OC2CC(O)C2)cn1)CC(C)(C)COC1CNC1.COC. The fraction of sp³-hybridized carbons (Fsp3) is 0.750. The number of ether oxygens (including phenoxy) is 3. The fourth-order valence-electron chi connectivity index (χ4n) is 3.51. The van der Waals surface area contributed by atoms with Gasteiger partial charge in [-0.1, -0.05) is 67.4 Å². The van der Waals surface area contributed by atoms with Crippen LogP contribution >= 0.6 is 0 Å². The van der Waals surface area contributed by atoms with E-state index in [2.05, 4.69) is 66.1 Å². The summed E-state index contributed by atoms with van der Waals surface area (Å²) >= 11 is 0. The number of aliphatic hydroxyl groups is 1. The number of hydrogen-bond donors (Lipinski definition) is 2. The first-order valence-electron chi connectivity index (χ1n) is 14.5. The first-order valence-corrected chi connectivity index (χ1v) is 14.5. The van der Waals surface area contributed by atoms with Crippen molar-refractivity contribution in [2.45, 2.75) is 114 Å². The molecule has 1 aliphatic heterocycles. The highest BCUT2D eigenvalue weighted by Gasteiger charge is 2.30. The smallest absolute Gasteiger partial charge is 0.205 e. The molecule has 1 aromatic rings. The maximum atomic E-state index is 9.30. The van der Waals surface area contributed by atoms with Crippen molar-refractivity contribution in [3.05, 3.63) is 30.9 Å². The zero-order valence-electron chi connectivity index (χ0n) is 27.5. The molecule has 7 nitrogen and oxygen atoms in total. The summed E-state index contributed by atoms with van der Waals surface area (Å²) in [6.45, 7) is 28.6. The third-order valence-electron chi connectivity index (χ3n) is 4.89. The van der Waals surface area contributed by atoms with E-state index in [4.69, 9.17) is 9.47 Å². The van der Waals surface area contributed by atoms with Gasteiger partial charge in [0.15, 0.2) is 5.75 Å². The van der Waals surface area contributed by atoms with Crippen LogP contribution in [0.3, 0.4) is 0 Å². The molecule has 3 rings (SSSR count). The lowest BCUT2D eigenvalue weighted by molar-refractivity contribution is -0.0303. The number of hydrogen-bond acceptors (Lipinski definition) is 7. The van der Waals surface area contributed by atoms with Crippen molar-refractivity contribution in [3.8, 4) is 17.6 Å². The number of aromatic nitrogens is 2. The van der Waals surface area contributed by atoms with Gasteiger partial charge in [-0.05, 0) is 38.5 Å². The van der Waals surface area contributed by atoms with Gasteiger partial charge in [0.05, 0.1) is 31.2 Å². The molecular weight excluding hydrogens is 490 g/mol. The largest absolute Gasteiger partial charge is 0.487 e. The van der Waals surface area contributed by atoms with Crippen LogP contribution < -0.4 is 10.1 Å². The Kier molecular flexibility index (Phi) is 26.6. The normalized spacial score (nSPS) is 17.2. The van der Waals surface area contributed by atoms with Gasteiger partial charge in [0.2, 0.25) is 5.82 Å². The predicted octanol–water partition coefficient (Wildman–Crippen LogP) is 6.69. The Balaban J connectivity index is -0.000000939. The number of methoxy groups -OCH3 is 1. The van der Waals surface area contributed by atoms with Gasteiger partial charge in [-0.15, -0.1) is 6.58 Å². The van der Waals surface area contributed by atoms with Gasteiger partial charge in [0, 0.05) is 45.6 Å². The van der Waals surface area contributed by atoms with Gasteiger partial charge in [-0.2, -0.15) is 0 Å². The molecule has 228 valence electrons. The Morgan fingerprint density at radius 3 is 1.85 bits per heavy atom. The molecule has 0 radical (unpaired) electrons. The molecule has 2 aliphatic rings. The molecule has 2 heterocycles. The summed E-state index contributed by atoms with van der Waals surface area (Å²) in [5, 5.41) is 12.5. The lowest BCUT2D eigenvalue weighted by Crippen LogP contribution is -2.49. The minimum Gasteiger partial charge on any atom is -0.487 e. The Bertz CT molecular complexity index is 745. The summed E-state index contributed by atoms with van der Waals surface area (Å²) in [5.41, 5.74) is -0.106. The molecule has 0 bridgehead atoms. The monoisotopic (exact) mass is 551 g/mol. The average Bonchev–Trinajstić information content (AvgIpc) is 2.86. The molecule has 2 fully saturated rings. The minimum absolute atomic E-state index is 0.0552. The van der Waals surface area contributed by atoms with E-state index >= 15 is 0 Å². The summed E-state index contributed by atoms with van der Waals surface area (Å²) in [7, 11) is 3.25. The van der Waals surface area contributed by atoms with Crippen LogP contribution in [-0.2, 0) is 9.47 Å². The van der Waals surface area contributed by atoms with E-state index in [-0.39, 0.29) is 23.0 Å². The second-order valence-corrected chi connectivity index (χ2v) is 9.99. The highest BCUT2D eigenvalue weighted by molar-refractivity contribution is 5.26. The van der Waals surface area contributed by atoms with E-state index in [1.807, 2.05) is 48.5 Å². The molecule has 1 aromatic heterocycles. The van der Waals surface area contributed by atoms with Crippen molar-refractivity contribution in [1.29, 1.82) is 0 Å². The van der Waals surface area contributed by atoms with Crippen molar-refractivity contribution >= 4 is 0 Å². The summed E-state index contributed by atoms with van der Waals surface area (Å²) in [5.74, 6) is 7.53. The number of rotatable bonds is 7. The quantitative estimate of drug-likeness (QED) is 0.288. The maximum Gasteiger partial charge on any atom is 0.205 e. The van der Waals surface area contributed by atoms with E-state index in [1.165, 1.54) is 0 Å². The van der Waals surface area contributed by atoms with Crippen molar-refractivity contribution in [1.82, 2.24) is 15.3 Å². The topological polar surface area (TPSA) is 85.7 Å².